The van der Waals surface area contributed by atoms with Gasteiger partial charge in [-0.15, -0.1) is 18.3 Å². The third-order valence-corrected chi connectivity index (χ3v) is 5.87. The van der Waals surface area contributed by atoms with Crippen molar-refractivity contribution in [1.29, 1.82) is 0 Å². The molecule has 0 spiro atoms. The normalized spacial score (nSPS) is 10.7. The van der Waals surface area contributed by atoms with Gasteiger partial charge in [-0.05, 0) is 81.1 Å². The van der Waals surface area contributed by atoms with Crippen molar-refractivity contribution in [3.63, 3.8) is 0 Å². The van der Waals surface area contributed by atoms with E-state index < -0.39 is 0 Å². The first-order chi connectivity index (χ1) is 14.2. The number of ketones is 1. The molecule has 0 unspecified atom stereocenters. The molecule has 0 heterocycles. The highest BCUT2D eigenvalue weighted by Crippen LogP contribution is 2.28. The highest BCUT2D eigenvalue weighted by molar-refractivity contribution is 9.10. The van der Waals surface area contributed by atoms with Crippen molar-refractivity contribution in [3.8, 4) is 5.75 Å². The fourth-order valence-corrected chi connectivity index (χ4v) is 3.81. The first-order valence-corrected chi connectivity index (χ1v) is 12.1. The number of carbonyl (C=O) groups is 1. The zero-order valence-electron chi connectivity index (χ0n) is 17.1. The summed E-state index contributed by atoms with van der Waals surface area (Å²) in [4.78, 5) is 13.8. The lowest BCUT2D eigenvalue weighted by Gasteiger charge is -2.11. The first kappa shape index (κ1) is 23.7. The smallest absolute Gasteiger partial charge is 0.194 e. The summed E-state index contributed by atoms with van der Waals surface area (Å²) in [7, 11) is 0. The zero-order valence-corrected chi connectivity index (χ0v) is 19.5. The largest absolute Gasteiger partial charge is 0.494 e. The lowest BCUT2D eigenvalue weighted by atomic mass is 10.0. The molecular formula is C24H30BrNO2S. The standard InChI is InChI=1S/C24H30BrNO2S/c1-3-4-15-26-16-7-5-6-8-17-28-21-13-14-22(23(18-21)29-2)24(27)19-9-11-20(25)12-10-19/h3,9-14,18,26H,1,4-8,15-17H2,2H3. The van der Waals surface area contributed by atoms with Gasteiger partial charge in [0.2, 0.25) is 0 Å². The van der Waals surface area contributed by atoms with Crippen LogP contribution in [0.1, 0.15) is 48.0 Å². The van der Waals surface area contributed by atoms with Crippen LogP contribution < -0.4 is 10.1 Å². The van der Waals surface area contributed by atoms with Crippen molar-refractivity contribution in [3.05, 3.63) is 70.7 Å². The van der Waals surface area contributed by atoms with Crippen LogP contribution in [-0.4, -0.2) is 31.7 Å². The molecule has 0 fully saturated rings. The van der Waals surface area contributed by atoms with Crippen LogP contribution >= 0.6 is 27.7 Å². The van der Waals surface area contributed by atoms with E-state index in [2.05, 4.69) is 27.8 Å². The third-order valence-electron chi connectivity index (χ3n) is 4.57. The van der Waals surface area contributed by atoms with Crippen LogP contribution in [0.4, 0.5) is 0 Å². The number of halogens is 1. The van der Waals surface area contributed by atoms with E-state index in [-0.39, 0.29) is 5.78 Å². The minimum atomic E-state index is 0.0371. The Bertz CT molecular complexity index is 777. The Morgan fingerprint density at radius 3 is 2.59 bits per heavy atom. The summed E-state index contributed by atoms with van der Waals surface area (Å²) in [6.45, 7) is 6.51. The number of unbranched alkanes of at least 4 members (excludes halogenated alkanes) is 3. The SMILES string of the molecule is C=CCCNCCCCCCOc1ccc(C(=O)c2ccc(Br)cc2)c(SC)c1. The molecule has 0 aliphatic carbocycles. The molecule has 5 heteroatoms. The van der Waals surface area contributed by atoms with E-state index in [4.69, 9.17) is 4.74 Å². The summed E-state index contributed by atoms with van der Waals surface area (Å²) in [5.74, 6) is 0.864. The van der Waals surface area contributed by atoms with E-state index in [1.807, 2.05) is 54.8 Å². The lowest BCUT2D eigenvalue weighted by molar-refractivity contribution is 0.103. The Labute approximate surface area is 187 Å². The number of rotatable bonds is 14. The van der Waals surface area contributed by atoms with Crippen molar-refractivity contribution < 1.29 is 9.53 Å². The summed E-state index contributed by atoms with van der Waals surface area (Å²) >= 11 is 4.98. The van der Waals surface area contributed by atoms with Crippen molar-refractivity contribution in [2.24, 2.45) is 0 Å². The molecule has 0 amide bonds. The Kier molecular flexibility index (Phi) is 11.1. The maximum absolute atomic E-state index is 12.8. The highest BCUT2D eigenvalue weighted by atomic mass is 79.9. The van der Waals surface area contributed by atoms with Crippen LogP contribution in [0.5, 0.6) is 5.75 Å². The lowest BCUT2D eigenvalue weighted by Crippen LogP contribution is -2.15. The van der Waals surface area contributed by atoms with Crippen LogP contribution in [0, 0.1) is 0 Å². The van der Waals surface area contributed by atoms with Gasteiger partial charge in [0.05, 0.1) is 6.61 Å². The van der Waals surface area contributed by atoms with E-state index in [9.17, 15) is 4.79 Å². The number of hydrogen-bond acceptors (Lipinski definition) is 4. The quantitative estimate of drug-likeness (QED) is 0.146. The average molecular weight is 476 g/mol. The third kappa shape index (κ3) is 8.37. The number of nitrogens with one attached hydrogen (secondary N) is 1. The minimum Gasteiger partial charge on any atom is -0.494 e. The molecule has 0 aliphatic rings. The van der Waals surface area contributed by atoms with Gasteiger partial charge in [-0.3, -0.25) is 4.79 Å². The zero-order chi connectivity index (χ0) is 20.9. The second-order valence-corrected chi connectivity index (χ2v) is 8.55. The first-order valence-electron chi connectivity index (χ1n) is 10.1. The van der Waals surface area contributed by atoms with Gasteiger partial charge < -0.3 is 10.1 Å². The second-order valence-electron chi connectivity index (χ2n) is 6.79. The number of thioether (sulfide) groups is 1. The molecule has 2 aromatic rings. The highest BCUT2D eigenvalue weighted by Gasteiger charge is 2.14. The Morgan fingerprint density at radius 2 is 1.86 bits per heavy atom. The minimum absolute atomic E-state index is 0.0371. The molecule has 0 bridgehead atoms. The van der Waals surface area contributed by atoms with Crippen LogP contribution in [0.15, 0.2) is 64.5 Å². The van der Waals surface area contributed by atoms with Gasteiger partial charge in [0.25, 0.3) is 0 Å². The molecule has 29 heavy (non-hydrogen) atoms. The molecule has 0 aliphatic heterocycles. The molecule has 0 radical (unpaired) electrons. The maximum atomic E-state index is 12.8. The van der Waals surface area contributed by atoms with E-state index in [1.165, 1.54) is 19.3 Å². The summed E-state index contributed by atoms with van der Waals surface area (Å²) < 4.78 is 6.87. The fraction of sp³-hybridized carbons (Fsp3) is 0.375. The van der Waals surface area contributed by atoms with Gasteiger partial charge >= 0.3 is 0 Å². The van der Waals surface area contributed by atoms with Gasteiger partial charge in [-0.25, -0.2) is 0 Å². The number of carbonyl (C=O) groups excluding carboxylic acids is 1. The number of ether oxygens (including phenoxy) is 1. The van der Waals surface area contributed by atoms with Crippen LogP contribution in [0.3, 0.4) is 0 Å². The van der Waals surface area contributed by atoms with E-state index in [0.29, 0.717) is 12.2 Å². The summed E-state index contributed by atoms with van der Waals surface area (Å²) in [5, 5.41) is 3.41. The number of hydrogen-bond donors (Lipinski definition) is 1. The summed E-state index contributed by atoms with van der Waals surface area (Å²) in [6, 6.07) is 13.2. The fourth-order valence-electron chi connectivity index (χ4n) is 2.93. The molecule has 0 aromatic heterocycles. The molecule has 0 saturated carbocycles. The van der Waals surface area contributed by atoms with Gasteiger partial charge in [-0.2, -0.15) is 0 Å². The summed E-state index contributed by atoms with van der Waals surface area (Å²) in [6.07, 6.45) is 9.57. The van der Waals surface area contributed by atoms with Crippen molar-refractivity contribution in [2.75, 3.05) is 26.0 Å². The predicted octanol–water partition coefficient (Wildman–Crippen LogP) is 6.51. The van der Waals surface area contributed by atoms with E-state index >= 15 is 0 Å². The monoisotopic (exact) mass is 475 g/mol. The molecule has 0 saturated heterocycles. The van der Waals surface area contributed by atoms with Crippen LogP contribution in [0.2, 0.25) is 0 Å². The molecular weight excluding hydrogens is 446 g/mol. The Balaban J connectivity index is 1.77. The van der Waals surface area contributed by atoms with Gasteiger partial charge in [0, 0.05) is 20.5 Å². The van der Waals surface area contributed by atoms with Crippen LogP contribution in [0.25, 0.3) is 0 Å². The molecule has 2 rings (SSSR count). The van der Waals surface area contributed by atoms with Crippen LogP contribution in [-0.2, 0) is 0 Å². The Morgan fingerprint density at radius 1 is 1.10 bits per heavy atom. The van der Waals surface area contributed by atoms with E-state index in [1.54, 1.807) is 11.8 Å². The molecule has 1 N–H and O–H groups in total. The van der Waals surface area contributed by atoms with Crippen molar-refractivity contribution in [2.45, 2.75) is 37.0 Å². The van der Waals surface area contributed by atoms with Gasteiger partial charge in [0.15, 0.2) is 5.78 Å². The molecule has 0 atom stereocenters. The van der Waals surface area contributed by atoms with Crippen molar-refractivity contribution in [1.82, 2.24) is 5.32 Å². The molecule has 156 valence electrons. The second kappa shape index (κ2) is 13.6. The Hall–Kier alpha value is -1.56. The molecule has 2 aromatic carbocycles. The topological polar surface area (TPSA) is 38.3 Å². The van der Waals surface area contributed by atoms with Gasteiger partial charge in [0.1, 0.15) is 5.75 Å². The maximum Gasteiger partial charge on any atom is 0.194 e. The predicted molar refractivity (Wildman–Crippen MR) is 127 cm³/mol. The van der Waals surface area contributed by atoms with Gasteiger partial charge in [-0.1, -0.05) is 34.8 Å². The van der Waals surface area contributed by atoms with Crippen molar-refractivity contribution >= 4 is 33.5 Å². The number of benzene rings is 2. The average Bonchev–Trinajstić information content (AvgIpc) is 2.75. The van der Waals surface area contributed by atoms with E-state index in [0.717, 1.165) is 46.6 Å². The summed E-state index contributed by atoms with van der Waals surface area (Å²) in [5.41, 5.74) is 1.41. The molecule has 3 nitrogen and oxygen atoms in total.